The van der Waals surface area contributed by atoms with E-state index in [2.05, 4.69) is 15.5 Å². The van der Waals surface area contributed by atoms with E-state index >= 15 is 0 Å². The molecule has 0 saturated carbocycles. The van der Waals surface area contributed by atoms with Crippen molar-refractivity contribution >= 4 is 0 Å². The van der Waals surface area contributed by atoms with E-state index in [0.29, 0.717) is 12.2 Å². The standard InChI is InChI=1S/C10H12N4O2/c1-11-6-7-4-2-3-5-8(7)14-9(15)12-13-10(14)16/h2-5,11H,6H2,1H3,(H,12,15)(H,13,16). The maximum Gasteiger partial charge on any atom is 0.348 e. The Labute approximate surface area is 90.9 Å². The van der Waals surface area contributed by atoms with Gasteiger partial charge in [-0.05, 0) is 18.7 Å². The van der Waals surface area contributed by atoms with E-state index in [0.717, 1.165) is 10.1 Å². The van der Waals surface area contributed by atoms with E-state index in [1.807, 2.05) is 12.1 Å². The predicted molar refractivity (Wildman–Crippen MR) is 59.8 cm³/mol. The van der Waals surface area contributed by atoms with Crippen molar-refractivity contribution in [3.05, 3.63) is 50.8 Å². The summed E-state index contributed by atoms with van der Waals surface area (Å²) in [5, 5.41) is 7.50. The fourth-order valence-electron chi connectivity index (χ4n) is 1.60. The molecule has 84 valence electrons. The molecule has 0 aliphatic rings. The van der Waals surface area contributed by atoms with Crippen LogP contribution in [0.4, 0.5) is 0 Å². The number of aromatic amines is 2. The Kier molecular flexibility index (Phi) is 2.74. The minimum atomic E-state index is -0.464. The smallest absolute Gasteiger partial charge is 0.316 e. The van der Waals surface area contributed by atoms with Crippen LogP contribution in [-0.4, -0.2) is 21.8 Å². The third-order valence-electron chi connectivity index (χ3n) is 2.28. The maximum absolute atomic E-state index is 11.5. The Morgan fingerprint density at radius 2 is 1.81 bits per heavy atom. The first-order chi connectivity index (χ1) is 7.74. The summed E-state index contributed by atoms with van der Waals surface area (Å²) in [6.45, 7) is 0.591. The lowest BCUT2D eigenvalue weighted by molar-refractivity contribution is 0.800. The van der Waals surface area contributed by atoms with Gasteiger partial charge in [0.2, 0.25) is 0 Å². The monoisotopic (exact) mass is 220 g/mol. The molecular weight excluding hydrogens is 208 g/mol. The number of nitrogens with one attached hydrogen (secondary N) is 3. The zero-order chi connectivity index (χ0) is 11.5. The molecule has 1 aromatic carbocycles. The normalized spacial score (nSPS) is 10.6. The van der Waals surface area contributed by atoms with Gasteiger partial charge < -0.3 is 5.32 Å². The van der Waals surface area contributed by atoms with Gasteiger partial charge in [-0.15, -0.1) is 0 Å². The molecule has 0 amide bonds. The number of para-hydroxylation sites is 1. The lowest BCUT2D eigenvalue weighted by Crippen LogP contribution is -2.26. The molecular formula is C10H12N4O2. The summed E-state index contributed by atoms with van der Waals surface area (Å²) in [7, 11) is 1.81. The average Bonchev–Trinajstić information content (AvgIpc) is 2.60. The van der Waals surface area contributed by atoms with Gasteiger partial charge in [-0.25, -0.2) is 24.4 Å². The summed E-state index contributed by atoms with van der Waals surface area (Å²) in [6, 6.07) is 7.25. The highest BCUT2D eigenvalue weighted by Crippen LogP contribution is 2.10. The van der Waals surface area contributed by atoms with Crippen molar-refractivity contribution in [3.63, 3.8) is 0 Å². The van der Waals surface area contributed by atoms with E-state index in [9.17, 15) is 9.59 Å². The Morgan fingerprint density at radius 1 is 1.19 bits per heavy atom. The molecule has 0 aliphatic heterocycles. The summed E-state index contributed by atoms with van der Waals surface area (Å²) in [5.74, 6) is 0. The first-order valence-electron chi connectivity index (χ1n) is 4.86. The van der Waals surface area contributed by atoms with Crippen LogP contribution in [0, 0.1) is 0 Å². The van der Waals surface area contributed by atoms with E-state index < -0.39 is 11.4 Å². The Bertz CT molecular complexity index is 566. The lowest BCUT2D eigenvalue weighted by Gasteiger charge is -2.07. The molecule has 0 bridgehead atoms. The van der Waals surface area contributed by atoms with Crippen molar-refractivity contribution < 1.29 is 0 Å². The highest BCUT2D eigenvalue weighted by Gasteiger charge is 2.09. The van der Waals surface area contributed by atoms with Gasteiger partial charge in [-0.3, -0.25) is 0 Å². The minimum Gasteiger partial charge on any atom is -0.316 e. The van der Waals surface area contributed by atoms with Crippen molar-refractivity contribution in [2.75, 3.05) is 7.05 Å². The number of rotatable bonds is 3. The Hall–Kier alpha value is -2.08. The molecule has 0 saturated heterocycles. The topological polar surface area (TPSA) is 82.7 Å². The molecule has 0 unspecified atom stereocenters. The largest absolute Gasteiger partial charge is 0.348 e. The number of H-pyrrole nitrogens is 2. The number of aromatic nitrogens is 3. The lowest BCUT2D eigenvalue weighted by atomic mass is 10.2. The molecule has 0 spiro atoms. The molecule has 2 aromatic rings. The summed E-state index contributed by atoms with van der Waals surface area (Å²) in [6.07, 6.45) is 0. The molecule has 0 radical (unpaired) electrons. The molecule has 1 aromatic heterocycles. The zero-order valence-electron chi connectivity index (χ0n) is 8.78. The molecule has 1 heterocycles. The predicted octanol–water partition coefficient (Wildman–Crippen LogP) is -0.427. The van der Waals surface area contributed by atoms with Crippen LogP contribution >= 0.6 is 0 Å². The first-order valence-corrected chi connectivity index (χ1v) is 4.86. The number of nitrogens with zero attached hydrogens (tertiary/aromatic N) is 1. The molecule has 0 aliphatic carbocycles. The Balaban J connectivity index is 2.64. The van der Waals surface area contributed by atoms with E-state index in [-0.39, 0.29) is 0 Å². The van der Waals surface area contributed by atoms with Crippen molar-refractivity contribution in [1.82, 2.24) is 20.1 Å². The molecule has 6 heteroatoms. The van der Waals surface area contributed by atoms with Crippen LogP contribution in [0.2, 0.25) is 0 Å². The van der Waals surface area contributed by atoms with Gasteiger partial charge in [0, 0.05) is 6.54 Å². The van der Waals surface area contributed by atoms with Gasteiger partial charge in [0.25, 0.3) is 0 Å². The first kappa shape index (κ1) is 10.4. The van der Waals surface area contributed by atoms with E-state index in [4.69, 9.17) is 0 Å². The van der Waals surface area contributed by atoms with Gasteiger partial charge in [-0.1, -0.05) is 18.2 Å². The molecule has 0 atom stereocenters. The molecule has 6 nitrogen and oxygen atoms in total. The summed E-state index contributed by atoms with van der Waals surface area (Å²) in [5.41, 5.74) is 0.545. The second-order valence-electron chi connectivity index (χ2n) is 3.35. The SMILES string of the molecule is CNCc1ccccc1-n1c(=O)[nH][nH]c1=O. The molecule has 3 N–H and O–H groups in total. The zero-order valence-corrected chi connectivity index (χ0v) is 8.78. The van der Waals surface area contributed by atoms with Crippen LogP contribution in [0.1, 0.15) is 5.56 Å². The number of hydrogen-bond acceptors (Lipinski definition) is 3. The molecule has 0 fully saturated rings. The van der Waals surface area contributed by atoms with Gasteiger partial charge in [0.1, 0.15) is 0 Å². The van der Waals surface area contributed by atoms with Crippen LogP contribution in [0.25, 0.3) is 5.69 Å². The number of hydrogen-bond donors (Lipinski definition) is 3. The van der Waals surface area contributed by atoms with Crippen LogP contribution < -0.4 is 16.7 Å². The van der Waals surface area contributed by atoms with Gasteiger partial charge in [0.15, 0.2) is 0 Å². The Morgan fingerprint density at radius 3 is 2.44 bits per heavy atom. The summed E-state index contributed by atoms with van der Waals surface area (Å²) < 4.78 is 1.08. The number of benzene rings is 1. The molecule has 2 rings (SSSR count). The van der Waals surface area contributed by atoms with Crippen LogP contribution in [-0.2, 0) is 6.54 Å². The van der Waals surface area contributed by atoms with E-state index in [1.54, 1.807) is 19.2 Å². The maximum atomic E-state index is 11.5. The second kappa shape index (κ2) is 4.19. The van der Waals surface area contributed by atoms with Gasteiger partial charge >= 0.3 is 11.4 Å². The van der Waals surface area contributed by atoms with Crippen molar-refractivity contribution in [1.29, 1.82) is 0 Å². The van der Waals surface area contributed by atoms with Crippen molar-refractivity contribution in [3.8, 4) is 5.69 Å². The summed E-state index contributed by atoms with van der Waals surface area (Å²) in [4.78, 5) is 22.9. The fraction of sp³-hybridized carbons (Fsp3) is 0.200. The highest BCUT2D eigenvalue weighted by atomic mass is 16.2. The second-order valence-corrected chi connectivity index (χ2v) is 3.35. The quantitative estimate of drug-likeness (QED) is 0.656. The summed E-state index contributed by atoms with van der Waals surface area (Å²) >= 11 is 0. The van der Waals surface area contributed by atoms with Crippen molar-refractivity contribution in [2.24, 2.45) is 0 Å². The van der Waals surface area contributed by atoms with Crippen molar-refractivity contribution in [2.45, 2.75) is 6.54 Å². The average molecular weight is 220 g/mol. The van der Waals surface area contributed by atoms with Crippen LogP contribution in [0.5, 0.6) is 0 Å². The highest BCUT2D eigenvalue weighted by molar-refractivity contribution is 5.40. The third kappa shape index (κ3) is 1.70. The van der Waals surface area contributed by atoms with Gasteiger partial charge in [0.05, 0.1) is 5.69 Å². The van der Waals surface area contributed by atoms with Crippen LogP contribution in [0.15, 0.2) is 33.9 Å². The molecule has 16 heavy (non-hydrogen) atoms. The van der Waals surface area contributed by atoms with Gasteiger partial charge in [-0.2, -0.15) is 0 Å². The van der Waals surface area contributed by atoms with E-state index in [1.165, 1.54) is 0 Å². The minimum absolute atomic E-state index is 0.464. The third-order valence-corrected chi connectivity index (χ3v) is 2.28. The van der Waals surface area contributed by atoms with Crippen LogP contribution in [0.3, 0.4) is 0 Å². The fourth-order valence-corrected chi connectivity index (χ4v) is 1.60.